The standard InChI is InChI=1S/C22H21N3O7S2/c1-12(27)19-16-8-18(33-7-6-17-15(9-26)23-11-34-17)20(24(16)21(19)28)22(29)32-10-13-2-4-14(5-3-13)25(30)31/h2-7,11-12,16,19,26-27H,8-10H2,1H3/t12-,16-,19-/m1/s1. The van der Waals surface area contributed by atoms with E-state index < -0.39 is 22.9 Å². The topological polar surface area (TPSA) is 143 Å². The fourth-order valence-corrected chi connectivity index (χ4v) is 5.68. The molecule has 1 amide bonds. The Morgan fingerprint density at radius 3 is 2.82 bits per heavy atom. The molecule has 1 aromatic carbocycles. The number of aliphatic hydroxyl groups excluding tert-OH is 2. The lowest BCUT2D eigenvalue weighted by Gasteiger charge is -2.44. The van der Waals surface area contributed by atoms with Crippen molar-refractivity contribution in [3.63, 3.8) is 0 Å². The lowest BCUT2D eigenvalue weighted by atomic mass is 9.83. The van der Waals surface area contributed by atoms with Crippen LogP contribution in [0.15, 0.2) is 45.8 Å². The molecule has 1 saturated heterocycles. The van der Waals surface area contributed by atoms with Gasteiger partial charge in [0.15, 0.2) is 0 Å². The Morgan fingerprint density at radius 2 is 2.18 bits per heavy atom. The molecule has 0 radical (unpaired) electrons. The Balaban J connectivity index is 1.51. The minimum absolute atomic E-state index is 0.0671. The van der Waals surface area contributed by atoms with E-state index in [1.165, 1.54) is 52.3 Å². The number of rotatable bonds is 9. The third kappa shape index (κ3) is 4.62. The summed E-state index contributed by atoms with van der Waals surface area (Å²) in [6, 6.07) is 5.34. The number of non-ortho nitro benzene ring substituents is 1. The van der Waals surface area contributed by atoms with Crippen molar-refractivity contribution >= 4 is 46.7 Å². The summed E-state index contributed by atoms with van der Waals surface area (Å²) in [5.41, 5.74) is 2.83. The number of aliphatic hydroxyl groups is 2. The van der Waals surface area contributed by atoms with Gasteiger partial charge in [-0.3, -0.25) is 14.9 Å². The fraction of sp³-hybridized carbons (Fsp3) is 0.318. The number of ether oxygens (including phenoxy) is 1. The molecule has 1 fully saturated rings. The number of hydrogen-bond acceptors (Lipinski definition) is 10. The molecule has 2 aromatic rings. The lowest BCUT2D eigenvalue weighted by molar-refractivity contribution is -0.384. The zero-order valence-corrected chi connectivity index (χ0v) is 19.6. The Morgan fingerprint density at radius 1 is 1.44 bits per heavy atom. The highest BCUT2D eigenvalue weighted by molar-refractivity contribution is 8.06. The molecule has 0 aliphatic carbocycles. The first-order valence-corrected chi connectivity index (χ1v) is 12.1. The zero-order valence-electron chi connectivity index (χ0n) is 18.0. The average molecular weight is 504 g/mol. The first-order valence-electron chi connectivity index (χ1n) is 10.3. The van der Waals surface area contributed by atoms with Gasteiger partial charge in [-0.15, -0.1) is 11.3 Å². The molecule has 0 bridgehead atoms. The number of β-lactam (4-membered cyclic amide) rings is 1. The van der Waals surface area contributed by atoms with Gasteiger partial charge in [0.1, 0.15) is 12.3 Å². The van der Waals surface area contributed by atoms with E-state index in [2.05, 4.69) is 4.98 Å². The van der Waals surface area contributed by atoms with Crippen molar-refractivity contribution in [2.75, 3.05) is 0 Å². The fourth-order valence-electron chi connectivity index (χ4n) is 3.97. The highest BCUT2D eigenvalue weighted by Crippen LogP contribution is 2.47. The second kappa shape index (κ2) is 10.1. The molecule has 2 N–H and O–H groups in total. The van der Waals surface area contributed by atoms with E-state index in [0.29, 0.717) is 22.6 Å². The number of carbonyl (C=O) groups excluding carboxylic acids is 2. The number of nitro groups is 1. The van der Waals surface area contributed by atoms with E-state index in [-0.39, 0.29) is 36.5 Å². The second-order valence-electron chi connectivity index (χ2n) is 7.76. The maximum absolute atomic E-state index is 13.0. The van der Waals surface area contributed by atoms with Crippen LogP contribution >= 0.6 is 23.1 Å². The SMILES string of the molecule is C[C@@H](O)[C@H]1C(=O)N2C(C(=O)OCc3ccc([N+](=O)[O-])cc3)=C(SC=Cc3scnc3CO)C[C@H]12. The number of benzene rings is 1. The van der Waals surface area contributed by atoms with Crippen molar-refractivity contribution in [1.29, 1.82) is 0 Å². The Hall–Kier alpha value is -3.06. The minimum atomic E-state index is -0.838. The quantitative estimate of drug-likeness (QED) is 0.228. The first-order chi connectivity index (χ1) is 16.3. The molecule has 178 valence electrons. The molecule has 3 heterocycles. The van der Waals surface area contributed by atoms with Crippen LogP contribution in [0.3, 0.4) is 0 Å². The molecule has 1 aromatic heterocycles. The van der Waals surface area contributed by atoms with Crippen LogP contribution in [0.4, 0.5) is 5.69 Å². The third-order valence-corrected chi connectivity index (χ3v) is 7.40. The molecule has 0 unspecified atom stereocenters. The van der Waals surface area contributed by atoms with Crippen molar-refractivity contribution in [2.24, 2.45) is 5.92 Å². The van der Waals surface area contributed by atoms with Crippen LogP contribution in [0.2, 0.25) is 0 Å². The summed E-state index contributed by atoms with van der Waals surface area (Å²) in [5, 5.41) is 31.9. The average Bonchev–Trinajstić information content (AvgIpc) is 3.39. The highest BCUT2D eigenvalue weighted by atomic mass is 32.2. The van der Waals surface area contributed by atoms with Crippen LogP contribution in [-0.4, -0.2) is 49.0 Å². The van der Waals surface area contributed by atoms with Crippen molar-refractivity contribution in [3.05, 3.63) is 72.0 Å². The number of hydrogen-bond donors (Lipinski definition) is 2. The van der Waals surface area contributed by atoms with Crippen molar-refractivity contribution in [1.82, 2.24) is 9.88 Å². The number of amides is 1. The van der Waals surface area contributed by atoms with Crippen LogP contribution in [0.5, 0.6) is 0 Å². The summed E-state index contributed by atoms with van der Waals surface area (Å²) >= 11 is 2.64. The van der Waals surface area contributed by atoms with Crippen LogP contribution in [-0.2, 0) is 27.5 Å². The van der Waals surface area contributed by atoms with E-state index in [1.54, 1.807) is 23.9 Å². The number of nitro benzene ring substituents is 1. The van der Waals surface area contributed by atoms with Crippen molar-refractivity contribution < 1.29 is 29.5 Å². The number of thioether (sulfide) groups is 1. The van der Waals surface area contributed by atoms with E-state index in [1.807, 2.05) is 0 Å². The normalized spacial score (nSPS) is 20.4. The first kappa shape index (κ1) is 24.1. The summed E-state index contributed by atoms with van der Waals surface area (Å²) in [6.07, 6.45) is 1.35. The monoisotopic (exact) mass is 503 g/mol. The summed E-state index contributed by atoms with van der Waals surface area (Å²) in [4.78, 5) is 42.8. The van der Waals surface area contributed by atoms with Gasteiger partial charge in [-0.1, -0.05) is 11.8 Å². The maximum atomic E-state index is 13.0. The van der Waals surface area contributed by atoms with E-state index in [4.69, 9.17) is 4.74 Å². The van der Waals surface area contributed by atoms with Gasteiger partial charge in [-0.25, -0.2) is 9.78 Å². The molecule has 2 aliphatic rings. The number of esters is 1. The number of carbonyl (C=O) groups is 2. The minimum Gasteiger partial charge on any atom is -0.456 e. The Labute approximate surface area is 202 Å². The van der Waals surface area contributed by atoms with Gasteiger partial charge in [0.25, 0.3) is 5.69 Å². The number of fused-ring (bicyclic) bond motifs is 1. The van der Waals surface area contributed by atoms with Crippen LogP contribution in [0, 0.1) is 16.0 Å². The summed E-state index contributed by atoms with van der Waals surface area (Å²) in [5.74, 6) is -1.59. The lowest BCUT2D eigenvalue weighted by Crippen LogP contribution is -2.61. The van der Waals surface area contributed by atoms with Gasteiger partial charge < -0.3 is 19.8 Å². The molecule has 10 nitrogen and oxygen atoms in total. The van der Waals surface area contributed by atoms with Gasteiger partial charge in [0.2, 0.25) is 5.91 Å². The predicted molar refractivity (Wildman–Crippen MR) is 125 cm³/mol. The predicted octanol–water partition coefficient (Wildman–Crippen LogP) is 2.81. The van der Waals surface area contributed by atoms with Crippen molar-refractivity contribution in [2.45, 2.75) is 38.7 Å². The van der Waals surface area contributed by atoms with Gasteiger partial charge in [0, 0.05) is 23.5 Å². The maximum Gasteiger partial charge on any atom is 0.356 e. The van der Waals surface area contributed by atoms with Crippen molar-refractivity contribution in [3.8, 4) is 0 Å². The zero-order chi connectivity index (χ0) is 24.4. The number of thiazole rings is 1. The molecule has 2 aliphatic heterocycles. The smallest absolute Gasteiger partial charge is 0.356 e. The summed E-state index contributed by atoms with van der Waals surface area (Å²) < 4.78 is 5.43. The van der Waals surface area contributed by atoms with Crippen LogP contribution < -0.4 is 0 Å². The van der Waals surface area contributed by atoms with Crippen LogP contribution in [0.1, 0.15) is 29.5 Å². The molecule has 4 rings (SSSR count). The molecule has 0 spiro atoms. The summed E-state index contributed by atoms with van der Waals surface area (Å²) in [6.45, 7) is 1.26. The van der Waals surface area contributed by atoms with Gasteiger partial charge >= 0.3 is 5.97 Å². The molecule has 12 heteroatoms. The molecule has 3 atom stereocenters. The van der Waals surface area contributed by atoms with Gasteiger partial charge in [0.05, 0.1) is 45.7 Å². The van der Waals surface area contributed by atoms with E-state index in [9.17, 15) is 29.9 Å². The van der Waals surface area contributed by atoms with Crippen LogP contribution in [0.25, 0.3) is 6.08 Å². The number of aromatic nitrogens is 1. The second-order valence-corrected chi connectivity index (χ2v) is 9.65. The molecule has 0 saturated carbocycles. The Bertz CT molecular complexity index is 1170. The third-order valence-electron chi connectivity index (χ3n) is 5.65. The highest BCUT2D eigenvalue weighted by Gasteiger charge is 2.56. The Kier molecular flexibility index (Phi) is 7.12. The van der Waals surface area contributed by atoms with Gasteiger partial charge in [-0.05, 0) is 36.1 Å². The molecular formula is C22H21N3O7S2. The van der Waals surface area contributed by atoms with Gasteiger partial charge in [-0.2, -0.15) is 0 Å². The molecule has 34 heavy (non-hydrogen) atoms. The largest absolute Gasteiger partial charge is 0.456 e. The molecular weight excluding hydrogens is 482 g/mol. The van der Waals surface area contributed by atoms with E-state index >= 15 is 0 Å². The number of nitrogens with zero attached hydrogens (tertiary/aromatic N) is 3. The van der Waals surface area contributed by atoms with E-state index in [0.717, 1.165) is 4.88 Å². The summed E-state index contributed by atoms with van der Waals surface area (Å²) in [7, 11) is 0.